The van der Waals surface area contributed by atoms with Crippen LogP contribution in [-0.2, 0) is 0 Å². The van der Waals surface area contributed by atoms with Crippen molar-refractivity contribution in [3.63, 3.8) is 0 Å². The van der Waals surface area contributed by atoms with Crippen LogP contribution in [0.1, 0.15) is 21.5 Å². The van der Waals surface area contributed by atoms with Gasteiger partial charge in [0.2, 0.25) is 0 Å². The number of aryl methyl sites for hydroxylation is 1. The summed E-state index contributed by atoms with van der Waals surface area (Å²) in [4.78, 5) is 12.4. The first kappa shape index (κ1) is 13.5. The molecule has 0 atom stereocenters. The van der Waals surface area contributed by atoms with E-state index in [0.29, 0.717) is 11.1 Å². The summed E-state index contributed by atoms with van der Waals surface area (Å²) in [5, 5.41) is 0. The zero-order valence-electron chi connectivity index (χ0n) is 8.76. The van der Waals surface area contributed by atoms with Gasteiger partial charge in [0.25, 0.3) is 0 Å². The van der Waals surface area contributed by atoms with Gasteiger partial charge < -0.3 is 0 Å². The molecule has 0 fully saturated rings. The van der Waals surface area contributed by atoms with Crippen molar-refractivity contribution in [2.45, 2.75) is 6.92 Å². The summed E-state index contributed by atoms with van der Waals surface area (Å²) in [7, 11) is 0. The minimum absolute atomic E-state index is 0.0226. The molecule has 0 bridgehead atoms. The van der Waals surface area contributed by atoms with Gasteiger partial charge in [-0.05, 0) is 72.4 Å². The molecule has 0 amide bonds. The van der Waals surface area contributed by atoms with Gasteiger partial charge in [0, 0.05) is 15.6 Å². The number of thiophene rings is 1. The molecule has 88 valence electrons. The number of carbonyl (C=O) groups excluding carboxylic acids is 1. The van der Waals surface area contributed by atoms with Crippen LogP contribution in [0.25, 0.3) is 0 Å². The van der Waals surface area contributed by atoms with Crippen molar-refractivity contribution in [1.82, 2.24) is 0 Å². The van der Waals surface area contributed by atoms with Crippen LogP contribution < -0.4 is 0 Å². The second-order valence-electron chi connectivity index (χ2n) is 3.50. The number of benzene rings is 1. The number of halogens is 3. The summed E-state index contributed by atoms with van der Waals surface area (Å²) in [5.41, 5.74) is 2.44. The van der Waals surface area contributed by atoms with E-state index in [1.807, 2.05) is 31.2 Å². The van der Waals surface area contributed by atoms with E-state index < -0.39 is 0 Å². The standard InChI is InChI=1S/C12H7Br3OS/c1-6-3-2-4-7(10(6)14)11(16)8-5-9(13)17-12(8)15/h2-5H,1H3. The molecule has 1 aromatic heterocycles. The number of hydrogen-bond donors (Lipinski definition) is 0. The monoisotopic (exact) mass is 436 g/mol. The SMILES string of the molecule is Cc1cccc(C(=O)c2cc(Br)sc2Br)c1Br. The first-order valence-corrected chi connectivity index (χ1v) is 7.95. The van der Waals surface area contributed by atoms with Gasteiger partial charge >= 0.3 is 0 Å². The fraction of sp³-hybridized carbons (Fsp3) is 0.0833. The summed E-state index contributed by atoms with van der Waals surface area (Å²) in [6.07, 6.45) is 0. The molecule has 2 aromatic rings. The second-order valence-corrected chi connectivity index (χ2v) is 8.05. The normalized spacial score (nSPS) is 10.6. The van der Waals surface area contributed by atoms with Crippen LogP contribution >= 0.6 is 59.1 Å². The van der Waals surface area contributed by atoms with Crippen LogP contribution in [-0.4, -0.2) is 5.78 Å². The van der Waals surface area contributed by atoms with Crippen molar-refractivity contribution in [3.05, 3.63) is 53.0 Å². The molecule has 0 aliphatic carbocycles. The Labute approximate surface area is 129 Å². The first-order chi connectivity index (χ1) is 8.00. The Bertz CT molecular complexity index is 589. The highest BCUT2D eigenvalue weighted by atomic mass is 79.9. The van der Waals surface area contributed by atoms with Gasteiger partial charge in [-0.25, -0.2) is 0 Å². The van der Waals surface area contributed by atoms with Crippen molar-refractivity contribution in [3.8, 4) is 0 Å². The van der Waals surface area contributed by atoms with Crippen LogP contribution in [0, 0.1) is 6.92 Å². The zero-order valence-corrected chi connectivity index (χ0v) is 14.3. The van der Waals surface area contributed by atoms with Crippen molar-refractivity contribution >= 4 is 64.9 Å². The quantitative estimate of drug-likeness (QED) is 0.560. The van der Waals surface area contributed by atoms with Gasteiger partial charge in [-0.2, -0.15) is 0 Å². The predicted octanol–water partition coefficient (Wildman–Crippen LogP) is 5.58. The molecule has 0 unspecified atom stereocenters. The van der Waals surface area contributed by atoms with E-state index in [1.165, 1.54) is 11.3 Å². The number of rotatable bonds is 2. The lowest BCUT2D eigenvalue weighted by molar-refractivity contribution is 0.103. The molecular formula is C12H7Br3OS. The molecule has 0 spiro atoms. The van der Waals surface area contributed by atoms with Crippen molar-refractivity contribution < 1.29 is 4.79 Å². The summed E-state index contributed by atoms with van der Waals surface area (Å²) in [6, 6.07) is 7.53. The molecule has 0 radical (unpaired) electrons. The topological polar surface area (TPSA) is 17.1 Å². The minimum Gasteiger partial charge on any atom is -0.288 e. The summed E-state index contributed by atoms with van der Waals surface area (Å²) >= 11 is 11.8. The Morgan fingerprint density at radius 1 is 1.18 bits per heavy atom. The highest BCUT2D eigenvalue weighted by molar-refractivity contribution is 9.12. The zero-order chi connectivity index (χ0) is 12.6. The lowest BCUT2D eigenvalue weighted by atomic mass is 10.0. The Morgan fingerprint density at radius 2 is 1.88 bits per heavy atom. The third kappa shape index (κ3) is 2.72. The van der Waals surface area contributed by atoms with Crippen LogP contribution in [0.4, 0.5) is 0 Å². The molecule has 0 aliphatic rings. The van der Waals surface area contributed by atoms with Crippen molar-refractivity contribution in [2.24, 2.45) is 0 Å². The fourth-order valence-corrected chi connectivity index (χ4v) is 4.70. The third-order valence-electron chi connectivity index (χ3n) is 2.34. The van der Waals surface area contributed by atoms with Gasteiger partial charge in [0.15, 0.2) is 5.78 Å². The van der Waals surface area contributed by atoms with Crippen LogP contribution in [0.5, 0.6) is 0 Å². The fourth-order valence-electron chi connectivity index (χ4n) is 1.46. The largest absolute Gasteiger partial charge is 0.288 e. The Kier molecular flexibility index (Phi) is 4.23. The molecule has 0 aliphatic heterocycles. The molecular weight excluding hydrogens is 432 g/mol. The summed E-state index contributed by atoms with van der Waals surface area (Å²) < 4.78 is 2.65. The summed E-state index contributed by atoms with van der Waals surface area (Å²) in [5.74, 6) is 0.0226. The predicted molar refractivity (Wildman–Crippen MR) is 82.0 cm³/mol. The van der Waals surface area contributed by atoms with Crippen LogP contribution in [0.15, 0.2) is 36.3 Å². The van der Waals surface area contributed by atoms with E-state index in [-0.39, 0.29) is 5.78 Å². The van der Waals surface area contributed by atoms with E-state index in [2.05, 4.69) is 47.8 Å². The highest BCUT2D eigenvalue weighted by Crippen LogP contribution is 2.34. The highest BCUT2D eigenvalue weighted by Gasteiger charge is 2.18. The Balaban J connectivity index is 2.51. The number of ketones is 1. The molecule has 5 heteroatoms. The van der Waals surface area contributed by atoms with Crippen LogP contribution in [0.2, 0.25) is 0 Å². The Morgan fingerprint density at radius 3 is 2.47 bits per heavy atom. The molecule has 2 rings (SSSR count). The molecule has 1 heterocycles. The van der Waals surface area contributed by atoms with E-state index in [9.17, 15) is 4.79 Å². The first-order valence-electron chi connectivity index (χ1n) is 4.75. The maximum Gasteiger partial charge on any atom is 0.196 e. The van der Waals surface area contributed by atoms with Crippen molar-refractivity contribution in [1.29, 1.82) is 0 Å². The van der Waals surface area contributed by atoms with Crippen molar-refractivity contribution in [2.75, 3.05) is 0 Å². The van der Waals surface area contributed by atoms with E-state index in [4.69, 9.17) is 0 Å². The smallest absolute Gasteiger partial charge is 0.196 e. The number of carbonyl (C=O) groups is 1. The molecule has 0 saturated carbocycles. The molecule has 17 heavy (non-hydrogen) atoms. The lowest BCUT2D eigenvalue weighted by Gasteiger charge is -2.05. The molecule has 1 aromatic carbocycles. The van der Waals surface area contributed by atoms with Gasteiger partial charge in [0.05, 0.1) is 7.57 Å². The van der Waals surface area contributed by atoms with Gasteiger partial charge in [-0.15, -0.1) is 11.3 Å². The molecule has 1 nitrogen and oxygen atoms in total. The van der Waals surface area contributed by atoms with Gasteiger partial charge in [0.1, 0.15) is 0 Å². The molecule has 0 N–H and O–H groups in total. The lowest BCUT2D eigenvalue weighted by Crippen LogP contribution is -2.02. The maximum absolute atomic E-state index is 12.4. The second kappa shape index (κ2) is 5.34. The maximum atomic E-state index is 12.4. The molecule has 0 saturated heterocycles. The van der Waals surface area contributed by atoms with Crippen LogP contribution in [0.3, 0.4) is 0 Å². The van der Waals surface area contributed by atoms with E-state index >= 15 is 0 Å². The minimum atomic E-state index is 0.0226. The van der Waals surface area contributed by atoms with E-state index in [0.717, 1.165) is 17.6 Å². The average molecular weight is 439 g/mol. The van der Waals surface area contributed by atoms with E-state index in [1.54, 1.807) is 0 Å². The third-order valence-corrected chi connectivity index (χ3v) is 5.73. The van der Waals surface area contributed by atoms with Gasteiger partial charge in [-0.1, -0.05) is 12.1 Å². The average Bonchev–Trinajstić information content (AvgIpc) is 2.61. The summed E-state index contributed by atoms with van der Waals surface area (Å²) in [6.45, 7) is 1.97. The number of hydrogen-bond acceptors (Lipinski definition) is 2. The Hall–Kier alpha value is 0.0300. The van der Waals surface area contributed by atoms with Gasteiger partial charge in [-0.3, -0.25) is 4.79 Å².